The van der Waals surface area contributed by atoms with Crippen molar-refractivity contribution in [3.63, 3.8) is 0 Å². The number of furan rings is 1. The maximum absolute atomic E-state index is 11.7. The predicted molar refractivity (Wildman–Crippen MR) is 100 cm³/mol. The number of urea groups is 1. The Morgan fingerprint density at radius 1 is 1.19 bits per heavy atom. The molecular weight excluding hydrogens is 390 g/mol. The molecule has 0 radical (unpaired) electrons. The van der Waals surface area contributed by atoms with E-state index in [1.165, 1.54) is 29.4 Å². The molecule has 0 bridgehead atoms. The third-order valence-corrected chi connectivity index (χ3v) is 5.36. The lowest BCUT2D eigenvalue weighted by molar-refractivity contribution is -0.145. The Labute approximate surface area is 162 Å². The lowest BCUT2D eigenvalue weighted by atomic mass is 10.3. The summed E-state index contributed by atoms with van der Waals surface area (Å²) >= 11 is 2.72. The lowest BCUT2D eigenvalue weighted by Gasteiger charge is -2.06. The molecule has 0 aliphatic rings. The number of amides is 3. The van der Waals surface area contributed by atoms with Gasteiger partial charge in [-0.1, -0.05) is 23.9 Å². The van der Waals surface area contributed by atoms with Gasteiger partial charge in [0.1, 0.15) is 5.76 Å². The normalized spacial score (nSPS) is 10.5. The number of aromatic nitrogens is 1. The Bertz CT molecular complexity index is 906. The number of nitrogens with one attached hydrogen (secondary N) is 2. The van der Waals surface area contributed by atoms with E-state index in [0.29, 0.717) is 5.76 Å². The van der Waals surface area contributed by atoms with Gasteiger partial charge in [0, 0.05) is 0 Å². The van der Waals surface area contributed by atoms with Crippen molar-refractivity contribution < 1.29 is 23.5 Å². The van der Waals surface area contributed by atoms with Crippen LogP contribution in [0.1, 0.15) is 5.76 Å². The highest BCUT2D eigenvalue weighted by molar-refractivity contribution is 8.01. The fraction of sp³-hybridized carbons (Fsp3) is 0.176. The third-order valence-electron chi connectivity index (χ3n) is 3.21. The number of hydrogen-bond donors (Lipinski definition) is 2. The molecule has 0 aliphatic heterocycles. The Morgan fingerprint density at radius 2 is 2.04 bits per heavy atom. The Kier molecular flexibility index (Phi) is 6.44. The van der Waals surface area contributed by atoms with Gasteiger partial charge in [-0.25, -0.2) is 9.78 Å². The zero-order valence-corrected chi connectivity index (χ0v) is 15.6. The van der Waals surface area contributed by atoms with E-state index in [9.17, 15) is 14.4 Å². The van der Waals surface area contributed by atoms with Crippen molar-refractivity contribution in [3.05, 3.63) is 48.4 Å². The molecule has 140 valence electrons. The second-order valence-corrected chi connectivity index (χ2v) is 7.46. The molecule has 27 heavy (non-hydrogen) atoms. The van der Waals surface area contributed by atoms with Gasteiger partial charge in [-0.15, -0.1) is 11.3 Å². The van der Waals surface area contributed by atoms with E-state index in [0.717, 1.165) is 14.6 Å². The van der Waals surface area contributed by atoms with Gasteiger partial charge in [-0.2, -0.15) is 0 Å². The molecule has 3 amide bonds. The largest absolute Gasteiger partial charge is 0.467 e. The Morgan fingerprint density at radius 3 is 2.81 bits per heavy atom. The van der Waals surface area contributed by atoms with E-state index >= 15 is 0 Å². The highest BCUT2D eigenvalue weighted by atomic mass is 32.2. The molecule has 0 saturated carbocycles. The predicted octanol–water partition coefficient (Wildman–Crippen LogP) is 2.55. The molecule has 1 aromatic carbocycles. The first-order valence-electron chi connectivity index (χ1n) is 7.84. The van der Waals surface area contributed by atoms with Gasteiger partial charge in [0.15, 0.2) is 10.9 Å². The molecule has 0 atom stereocenters. The van der Waals surface area contributed by atoms with Crippen molar-refractivity contribution in [3.8, 4) is 0 Å². The first kappa shape index (κ1) is 18.9. The second-order valence-electron chi connectivity index (χ2n) is 5.21. The topological polar surface area (TPSA) is 111 Å². The van der Waals surface area contributed by atoms with Crippen LogP contribution in [0.25, 0.3) is 10.2 Å². The number of rotatable bonds is 7. The van der Waals surface area contributed by atoms with Crippen LogP contribution in [0.5, 0.6) is 0 Å². The van der Waals surface area contributed by atoms with E-state index in [1.54, 1.807) is 12.1 Å². The smallest absolute Gasteiger partial charge is 0.321 e. The summed E-state index contributed by atoms with van der Waals surface area (Å²) in [6.45, 7) is -0.391. The number of carbonyl (C=O) groups excluding carboxylic acids is 3. The summed E-state index contributed by atoms with van der Waals surface area (Å²) in [5, 5.41) is 4.51. The number of esters is 1. The monoisotopic (exact) mass is 405 g/mol. The summed E-state index contributed by atoms with van der Waals surface area (Å²) in [4.78, 5) is 39.3. The number of carbonyl (C=O) groups is 3. The van der Waals surface area contributed by atoms with Gasteiger partial charge >= 0.3 is 12.0 Å². The van der Waals surface area contributed by atoms with Crippen LogP contribution in [0.3, 0.4) is 0 Å². The molecule has 2 heterocycles. The molecule has 0 unspecified atom stereocenters. The number of para-hydroxylation sites is 1. The number of thiazole rings is 1. The molecule has 0 aliphatic carbocycles. The molecule has 2 aromatic heterocycles. The van der Waals surface area contributed by atoms with Crippen LogP contribution in [-0.4, -0.2) is 35.3 Å². The summed E-state index contributed by atoms with van der Waals surface area (Å²) in [6.07, 6.45) is 1.48. The van der Waals surface area contributed by atoms with Crippen molar-refractivity contribution in [2.75, 3.05) is 12.4 Å². The van der Waals surface area contributed by atoms with Gasteiger partial charge in [0.25, 0.3) is 5.91 Å². The van der Waals surface area contributed by atoms with E-state index in [4.69, 9.17) is 9.15 Å². The third kappa shape index (κ3) is 5.83. The highest BCUT2D eigenvalue weighted by Crippen LogP contribution is 2.29. The maximum Gasteiger partial charge on any atom is 0.321 e. The number of thioether (sulfide) groups is 1. The Balaban J connectivity index is 1.34. The molecule has 0 saturated heterocycles. The first-order chi connectivity index (χ1) is 13.1. The summed E-state index contributed by atoms with van der Waals surface area (Å²) in [7, 11) is 0. The van der Waals surface area contributed by atoms with Crippen molar-refractivity contribution in [1.29, 1.82) is 0 Å². The minimum Gasteiger partial charge on any atom is -0.467 e. The average Bonchev–Trinajstić information content (AvgIpc) is 3.32. The highest BCUT2D eigenvalue weighted by Gasteiger charge is 2.12. The minimum absolute atomic E-state index is 0.0256. The fourth-order valence-electron chi connectivity index (χ4n) is 2.01. The maximum atomic E-state index is 11.7. The van der Waals surface area contributed by atoms with Crippen LogP contribution in [0.2, 0.25) is 0 Å². The van der Waals surface area contributed by atoms with E-state index in [1.807, 2.05) is 24.3 Å². The van der Waals surface area contributed by atoms with Crippen LogP contribution in [0.15, 0.2) is 51.4 Å². The van der Waals surface area contributed by atoms with Gasteiger partial charge < -0.3 is 14.5 Å². The van der Waals surface area contributed by atoms with Crippen molar-refractivity contribution in [1.82, 2.24) is 15.6 Å². The van der Waals surface area contributed by atoms with Gasteiger partial charge in [0.2, 0.25) is 0 Å². The summed E-state index contributed by atoms with van der Waals surface area (Å²) in [6, 6.07) is 10.3. The van der Waals surface area contributed by atoms with Crippen LogP contribution < -0.4 is 10.6 Å². The zero-order valence-electron chi connectivity index (χ0n) is 14.0. The van der Waals surface area contributed by atoms with Crippen LogP contribution >= 0.6 is 23.1 Å². The standard InChI is InChI=1S/C17H15N3O5S2/c21-14(20-16(23)18-8-11-4-3-7-24-11)9-25-15(22)10-26-17-19-12-5-1-2-6-13(12)27-17/h1-7H,8-10H2,(H2,18,20,21,23). The van der Waals surface area contributed by atoms with E-state index in [-0.39, 0.29) is 12.3 Å². The van der Waals surface area contributed by atoms with E-state index < -0.39 is 24.5 Å². The average molecular weight is 405 g/mol. The van der Waals surface area contributed by atoms with Crippen molar-refractivity contribution in [2.45, 2.75) is 10.9 Å². The summed E-state index contributed by atoms with van der Waals surface area (Å²) < 4.78 is 11.7. The quantitative estimate of drug-likeness (QED) is 0.459. The lowest BCUT2D eigenvalue weighted by Crippen LogP contribution is -2.41. The van der Waals surface area contributed by atoms with Gasteiger partial charge in [0.05, 0.1) is 28.8 Å². The molecule has 0 spiro atoms. The summed E-state index contributed by atoms with van der Waals surface area (Å²) in [5.74, 6) is -0.704. The molecule has 10 heteroatoms. The number of hydrogen-bond acceptors (Lipinski definition) is 8. The van der Waals surface area contributed by atoms with Crippen LogP contribution in [-0.2, 0) is 20.9 Å². The number of nitrogens with zero attached hydrogens (tertiary/aromatic N) is 1. The minimum atomic E-state index is -0.717. The number of fused-ring (bicyclic) bond motifs is 1. The van der Waals surface area contributed by atoms with Crippen LogP contribution in [0.4, 0.5) is 4.79 Å². The van der Waals surface area contributed by atoms with Gasteiger partial charge in [-0.05, 0) is 24.3 Å². The SMILES string of the molecule is O=C(COC(=O)CSc1nc2ccccc2s1)NC(=O)NCc1ccco1. The number of imide groups is 1. The van der Waals surface area contributed by atoms with Gasteiger partial charge in [-0.3, -0.25) is 14.9 Å². The fourth-order valence-corrected chi connectivity index (χ4v) is 3.87. The van der Waals surface area contributed by atoms with E-state index in [2.05, 4.69) is 15.6 Å². The van der Waals surface area contributed by atoms with Crippen molar-refractivity contribution >= 4 is 51.2 Å². The first-order valence-corrected chi connectivity index (χ1v) is 9.64. The Hall–Kier alpha value is -2.85. The van der Waals surface area contributed by atoms with Crippen LogP contribution in [0, 0.1) is 0 Å². The van der Waals surface area contributed by atoms with Crippen molar-refractivity contribution in [2.24, 2.45) is 0 Å². The molecule has 0 fully saturated rings. The number of ether oxygens (including phenoxy) is 1. The molecular formula is C17H15N3O5S2. The number of benzene rings is 1. The molecule has 2 N–H and O–H groups in total. The summed E-state index contributed by atoms with van der Waals surface area (Å²) in [5.41, 5.74) is 0.873. The molecule has 3 rings (SSSR count). The zero-order chi connectivity index (χ0) is 19.1. The molecule has 3 aromatic rings. The second kappa shape index (κ2) is 9.19. The molecule has 8 nitrogen and oxygen atoms in total.